The molecule has 1 N–H and O–H groups in total. The van der Waals surface area contributed by atoms with Gasteiger partial charge in [-0.15, -0.1) is 0 Å². The maximum Gasteiger partial charge on any atom is 0.219 e. The second kappa shape index (κ2) is 9.59. The third-order valence-electron chi connectivity index (χ3n) is 5.58. The molecule has 1 fully saturated rings. The zero-order chi connectivity index (χ0) is 20.8. The molecule has 30 heavy (non-hydrogen) atoms. The highest BCUT2D eigenvalue weighted by Gasteiger charge is 2.20. The first-order chi connectivity index (χ1) is 14.7. The number of rotatable bonds is 7. The second-order valence-corrected chi connectivity index (χ2v) is 7.76. The first-order valence-corrected chi connectivity index (χ1v) is 10.5. The smallest absolute Gasteiger partial charge is 0.219 e. The highest BCUT2D eigenvalue weighted by Crippen LogP contribution is 2.22. The van der Waals surface area contributed by atoms with Crippen LogP contribution in [0.1, 0.15) is 23.6 Å². The summed E-state index contributed by atoms with van der Waals surface area (Å²) in [5.74, 6) is 0.164. The lowest BCUT2D eigenvalue weighted by Crippen LogP contribution is -2.48. The van der Waals surface area contributed by atoms with Crippen LogP contribution >= 0.6 is 0 Å². The van der Waals surface area contributed by atoms with Crippen LogP contribution in [0.15, 0.2) is 67.0 Å². The number of amides is 1. The van der Waals surface area contributed by atoms with E-state index in [1.165, 1.54) is 22.4 Å². The Morgan fingerprint density at radius 2 is 1.67 bits per heavy atom. The van der Waals surface area contributed by atoms with Crippen LogP contribution in [0, 0.1) is 0 Å². The summed E-state index contributed by atoms with van der Waals surface area (Å²) in [5.41, 5.74) is 4.97. The van der Waals surface area contributed by atoms with Gasteiger partial charge in [-0.3, -0.25) is 9.48 Å². The van der Waals surface area contributed by atoms with Crippen LogP contribution in [0.2, 0.25) is 0 Å². The molecule has 0 spiro atoms. The number of para-hydroxylation sites is 1. The molecule has 1 aliphatic rings. The minimum absolute atomic E-state index is 0.164. The summed E-state index contributed by atoms with van der Waals surface area (Å²) in [6.45, 7) is 7.35. The van der Waals surface area contributed by atoms with Crippen molar-refractivity contribution in [3.8, 4) is 0 Å². The van der Waals surface area contributed by atoms with Crippen LogP contribution in [0.25, 0.3) is 0 Å². The second-order valence-electron chi connectivity index (χ2n) is 7.76. The van der Waals surface area contributed by atoms with Gasteiger partial charge in [-0.1, -0.05) is 48.5 Å². The van der Waals surface area contributed by atoms with Crippen molar-refractivity contribution in [2.45, 2.75) is 26.6 Å². The van der Waals surface area contributed by atoms with Crippen molar-refractivity contribution in [2.24, 2.45) is 0 Å². The molecule has 0 bridgehead atoms. The van der Waals surface area contributed by atoms with Gasteiger partial charge in [0.15, 0.2) is 0 Å². The van der Waals surface area contributed by atoms with E-state index >= 15 is 0 Å². The van der Waals surface area contributed by atoms with E-state index < -0.39 is 0 Å². The van der Waals surface area contributed by atoms with Crippen molar-refractivity contribution in [1.82, 2.24) is 20.0 Å². The van der Waals surface area contributed by atoms with E-state index in [4.69, 9.17) is 0 Å². The van der Waals surface area contributed by atoms with Crippen LogP contribution in [-0.2, 0) is 24.4 Å². The molecule has 6 heteroatoms. The summed E-state index contributed by atoms with van der Waals surface area (Å²) in [5, 5.41) is 8.04. The van der Waals surface area contributed by atoms with Gasteiger partial charge in [0, 0.05) is 63.6 Å². The van der Waals surface area contributed by atoms with Crippen molar-refractivity contribution in [3.05, 3.63) is 83.7 Å². The number of nitrogens with zero attached hydrogens (tertiary/aromatic N) is 4. The first-order valence-electron chi connectivity index (χ1n) is 10.5. The van der Waals surface area contributed by atoms with Crippen molar-refractivity contribution in [1.29, 1.82) is 0 Å². The van der Waals surface area contributed by atoms with Gasteiger partial charge in [-0.05, 0) is 17.2 Å². The van der Waals surface area contributed by atoms with Crippen LogP contribution in [0.3, 0.4) is 0 Å². The lowest BCUT2D eigenvalue weighted by Gasteiger charge is -2.36. The molecule has 1 aliphatic heterocycles. The molecule has 1 amide bonds. The minimum atomic E-state index is 0.164. The van der Waals surface area contributed by atoms with Crippen LogP contribution in [0.5, 0.6) is 0 Å². The highest BCUT2D eigenvalue weighted by atomic mass is 16.2. The number of piperazine rings is 1. The van der Waals surface area contributed by atoms with Crippen molar-refractivity contribution in [2.75, 3.05) is 31.1 Å². The molecule has 1 aromatic heterocycles. The fourth-order valence-electron chi connectivity index (χ4n) is 3.93. The number of hydrogen-bond acceptors (Lipinski definition) is 4. The molecule has 6 nitrogen and oxygen atoms in total. The molecular formula is C24H29N5O. The molecule has 156 valence electrons. The quantitative estimate of drug-likeness (QED) is 0.659. The summed E-state index contributed by atoms with van der Waals surface area (Å²) in [7, 11) is 0. The monoisotopic (exact) mass is 403 g/mol. The third-order valence-corrected chi connectivity index (χ3v) is 5.58. The van der Waals surface area contributed by atoms with Gasteiger partial charge in [0.2, 0.25) is 5.91 Å². The number of carbonyl (C=O) groups is 1. The molecular weight excluding hydrogens is 374 g/mol. The van der Waals surface area contributed by atoms with Crippen LogP contribution < -0.4 is 10.2 Å². The number of nitrogens with one attached hydrogen (secondary N) is 1. The average molecular weight is 404 g/mol. The third kappa shape index (κ3) is 5.07. The molecule has 2 aromatic carbocycles. The summed E-state index contributed by atoms with van der Waals surface area (Å²) >= 11 is 0. The lowest BCUT2D eigenvalue weighted by atomic mass is 10.1. The molecule has 1 saturated heterocycles. The van der Waals surface area contributed by atoms with Gasteiger partial charge in [-0.25, -0.2) is 0 Å². The topological polar surface area (TPSA) is 53.4 Å². The van der Waals surface area contributed by atoms with E-state index in [1.807, 2.05) is 21.8 Å². The normalized spacial score (nSPS) is 14.2. The van der Waals surface area contributed by atoms with Gasteiger partial charge in [0.1, 0.15) is 0 Å². The standard InChI is InChI=1S/C24H29N5O/c1-20(30)27-11-13-28(14-12-27)24-10-6-5-9-23(24)17-25-15-22-16-26-29(19-22)18-21-7-3-2-4-8-21/h2-10,16,19,25H,11-15,17-18H2,1H3. The highest BCUT2D eigenvalue weighted by molar-refractivity contribution is 5.73. The Hall–Kier alpha value is -3.12. The summed E-state index contributed by atoms with van der Waals surface area (Å²) < 4.78 is 1.98. The number of benzene rings is 2. The Morgan fingerprint density at radius 3 is 2.43 bits per heavy atom. The van der Waals surface area contributed by atoms with E-state index in [-0.39, 0.29) is 5.91 Å². The first kappa shape index (κ1) is 20.2. The lowest BCUT2D eigenvalue weighted by molar-refractivity contribution is -0.129. The number of carbonyl (C=O) groups excluding carboxylic acids is 1. The molecule has 0 unspecified atom stereocenters. The number of hydrogen-bond donors (Lipinski definition) is 1. The van der Waals surface area contributed by atoms with E-state index in [0.29, 0.717) is 0 Å². The van der Waals surface area contributed by atoms with Gasteiger partial charge < -0.3 is 15.1 Å². The Bertz CT molecular complexity index is 960. The molecule has 0 saturated carbocycles. The van der Waals surface area contributed by atoms with Crippen molar-refractivity contribution in [3.63, 3.8) is 0 Å². The molecule has 0 atom stereocenters. The predicted molar refractivity (Wildman–Crippen MR) is 119 cm³/mol. The van der Waals surface area contributed by atoms with Crippen LogP contribution in [-0.4, -0.2) is 46.8 Å². The van der Waals surface area contributed by atoms with Gasteiger partial charge in [0.05, 0.1) is 12.7 Å². The van der Waals surface area contributed by atoms with Gasteiger partial charge in [-0.2, -0.15) is 5.10 Å². The van der Waals surface area contributed by atoms with Crippen molar-refractivity contribution >= 4 is 11.6 Å². The molecule has 2 heterocycles. The Morgan fingerprint density at radius 1 is 0.933 bits per heavy atom. The van der Waals surface area contributed by atoms with E-state index in [0.717, 1.165) is 45.8 Å². The van der Waals surface area contributed by atoms with Gasteiger partial charge in [0.25, 0.3) is 0 Å². The predicted octanol–water partition coefficient (Wildman–Crippen LogP) is 2.89. The molecule has 3 aromatic rings. The number of aromatic nitrogens is 2. The summed E-state index contributed by atoms with van der Waals surface area (Å²) in [4.78, 5) is 15.9. The molecule has 4 rings (SSSR count). The van der Waals surface area contributed by atoms with Crippen molar-refractivity contribution < 1.29 is 4.79 Å². The van der Waals surface area contributed by atoms with Gasteiger partial charge >= 0.3 is 0 Å². The largest absolute Gasteiger partial charge is 0.368 e. The number of anilines is 1. The Labute approximate surface area is 178 Å². The summed E-state index contributed by atoms with van der Waals surface area (Å²) in [6, 6.07) is 18.9. The zero-order valence-corrected chi connectivity index (χ0v) is 17.5. The van der Waals surface area contributed by atoms with E-state index in [2.05, 4.69) is 70.0 Å². The van der Waals surface area contributed by atoms with E-state index in [9.17, 15) is 4.79 Å². The fraction of sp³-hybridized carbons (Fsp3) is 0.333. The Balaban J connectivity index is 1.31. The summed E-state index contributed by atoms with van der Waals surface area (Å²) in [6.07, 6.45) is 4.04. The molecule has 0 aliphatic carbocycles. The van der Waals surface area contributed by atoms with E-state index in [1.54, 1.807) is 6.92 Å². The minimum Gasteiger partial charge on any atom is -0.368 e. The zero-order valence-electron chi connectivity index (χ0n) is 17.5. The Kier molecular flexibility index (Phi) is 6.44. The molecule has 0 radical (unpaired) electrons. The maximum atomic E-state index is 11.6. The average Bonchev–Trinajstić information content (AvgIpc) is 3.22. The fourth-order valence-corrected chi connectivity index (χ4v) is 3.93. The maximum absolute atomic E-state index is 11.6. The van der Waals surface area contributed by atoms with Crippen LogP contribution in [0.4, 0.5) is 5.69 Å². The SMILES string of the molecule is CC(=O)N1CCN(c2ccccc2CNCc2cnn(Cc3ccccc3)c2)CC1.